The van der Waals surface area contributed by atoms with Gasteiger partial charge >= 0.3 is 0 Å². The maximum atomic E-state index is 5.75. The quantitative estimate of drug-likeness (QED) is 0.778. The second kappa shape index (κ2) is 6.72. The van der Waals surface area contributed by atoms with Crippen molar-refractivity contribution >= 4 is 0 Å². The molecule has 0 aromatic carbocycles. The van der Waals surface area contributed by atoms with Crippen LogP contribution in [0.25, 0.3) is 0 Å². The molecule has 0 spiro atoms. The average molecular weight is 243 g/mol. The lowest BCUT2D eigenvalue weighted by atomic mass is 9.92. The van der Waals surface area contributed by atoms with Gasteiger partial charge in [-0.15, -0.1) is 0 Å². The first-order valence-electron chi connectivity index (χ1n) is 6.92. The van der Waals surface area contributed by atoms with E-state index in [1.165, 1.54) is 0 Å². The zero-order valence-corrected chi connectivity index (χ0v) is 12.1. The Labute approximate surface area is 106 Å². The third-order valence-electron chi connectivity index (χ3n) is 3.45. The second-order valence-corrected chi connectivity index (χ2v) is 5.97. The number of hydrogen-bond acceptors (Lipinski definition) is 3. The summed E-state index contributed by atoms with van der Waals surface area (Å²) in [5.74, 6) is 0.604. The van der Waals surface area contributed by atoms with E-state index in [4.69, 9.17) is 9.47 Å². The molecule has 1 fully saturated rings. The Morgan fingerprint density at radius 1 is 1.41 bits per heavy atom. The minimum absolute atomic E-state index is 0.0169. The van der Waals surface area contributed by atoms with Crippen LogP contribution in [-0.2, 0) is 9.47 Å². The summed E-state index contributed by atoms with van der Waals surface area (Å²) in [5, 5.41) is 3.74. The summed E-state index contributed by atoms with van der Waals surface area (Å²) >= 11 is 0. The number of nitrogens with one attached hydrogen (secondary N) is 1. The third-order valence-corrected chi connectivity index (χ3v) is 3.45. The smallest absolute Gasteiger partial charge is 0.0641 e. The minimum Gasteiger partial charge on any atom is -0.380 e. The van der Waals surface area contributed by atoms with Crippen molar-refractivity contribution in [1.82, 2.24) is 5.32 Å². The van der Waals surface area contributed by atoms with Gasteiger partial charge in [0.1, 0.15) is 0 Å². The molecule has 1 aliphatic rings. The molecule has 0 radical (unpaired) electrons. The van der Waals surface area contributed by atoms with E-state index in [9.17, 15) is 0 Å². The van der Waals surface area contributed by atoms with Crippen molar-refractivity contribution in [2.24, 2.45) is 5.92 Å². The van der Waals surface area contributed by atoms with Crippen molar-refractivity contribution in [2.75, 3.05) is 19.8 Å². The molecule has 0 aromatic heterocycles. The van der Waals surface area contributed by atoms with Gasteiger partial charge in [0.15, 0.2) is 0 Å². The molecule has 102 valence electrons. The van der Waals surface area contributed by atoms with Gasteiger partial charge in [0.2, 0.25) is 0 Å². The van der Waals surface area contributed by atoms with Crippen molar-refractivity contribution in [3.8, 4) is 0 Å². The van der Waals surface area contributed by atoms with Gasteiger partial charge < -0.3 is 14.8 Å². The summed E-state index contributed by atoms with van der Waals surface area (Å²) in [6.45, 7) is 13.4. The fraction of sp³-hybridized carbons (Fsp3) is 1.00. The molecule has 0 aliphatic carbocycles. The van der Waals surface area contributed by atoms with Crippen molar-refractivity contribution < 1.29 is 9.47 Å². The minimum atomic E-state index is 0.0169. The summed E-state index contributed by atoms with van der Waals surface area (Å²) in [6.07, 6.45) is 2.20. The van der Waals surface area contributed by atoms with Gasteiger partial charge in [0.05, 0.1) is 12.2 Å². The van der Waals surface area contributed by atoms with Crippen LogP contribution in [0.2, 0.25) is 0 Å². The fourth-order valence-corrected chi connectivity index (χ4v) is 2.35. The topological polar surface area (TPSA) is 30.5 Å². The molecule has 2 unspecified atom stereocenters. The summed E-state index contributed by atoms with van der Waals surface area (Å²) in [5.41, 5.74) is 0.0169. The molecule has 0 bridgehead atoms. The fourth-order valence-electron chi connectivity index (χ4n) is 2.35. The van der Waals surface area contributed by atoms with Crippen molar-refractivity contribution in [1.29, 1.82) is 0 Å². The van der Waals surface area contributed by atoms with E-state index in [0.29, 0.717) is 18.0 Å². The van der Waals surface area contributed by atoms with Crippen molar-refractivity contribution in [3.63, 3.8) is 0 Å². The van der Waals surface area contributed by atoms with Crippen molar-refractivity contribution in [3.05, 3.63) is 0 Å². The lowest BCUT2D eigenvalue weighted by molar-refractivity contribution is -0.0662. The highest BCUT2D eigenvalue weighted by Gasteiger charge is 2.30. The van der Waals surface area contributed by atoms with Crippen LogP contribution in [0.3, 0.4) is 0 Å². The maximum absolute atomic E-state index is 5.75. The standard InChI is InChI=1S/C14H29NO2/c1-6-16-10-13(11(2)3)15-12-7-8-17-14(4,5)9-12/h11-13,15H,6-10H2,1-5H3. The molecule has 2 atom stereocenters. The van der Waals surface area contributed by atoms with E-state index >= 15 is 0 Å². The van der Waals surface area contributed by atoms with Crippen LogP contribution in [0.1, 0.15) is 47.5 Å². The molecule has 0 amide bonds. The molecular weight excluding hydrogens is 214 g/mol. The van der Waals surface area contributed by atoms with E-state index in [2.05, 4.69) is 39.9 Å². The first-order valence-corrected chi connectivity index (χ1v) is 6.92. The Morgan fingerprint density at radius 2 is 2.12 bits per heavy atom. The van der Waals surface area contributed by atoms with E-state index in [1.54, 1.807) is 0 Å². The largest absolute Gasteiger partial charge is 0.380 e. The van der Waals surface area contributed by atoms with Gasteiger partial charge in [-0.05, 0) is 39.5 Å². The summed E-state index contributed by atoms with van der Waals surface area (Å²) in [6, 6.07) is 1.01. The molecule has 1 saturated heterocycles. The zero-order chi connectivity index (χ0) is 12.9. The third kappa shape index (κ3) is 5.36. The Morgan fingerprint density at radius 3 is 2.65 bits per heavy atom. The zero-order valence-electron chi connectivity index (χ0n) is 12.1. The van der Waals surface area contributed by atoms with Crippen LogP contribution in [0, 0.1) is 5.92 Å². The van der Waals surface area contributed by atoms with Crippen LogP contribution in [0.5, 0.6) is 0 Å². The number of hydrogen-bond donors (Lipinski definition) is 1. The molecule has 1 N–H and O–H groups in total. The summed E-state index contributed by atoms with van der Waals surface area (Å²) in [4.78, 5) is 0. The Kier molecular flexibility index (Phi) is 5.90. The normalized spacial score (nSPS) is 26.1. The van der Waals surface area contributed by atoms with Gasteiger partial charge in [-0.2, -0.15) is 0 Å². The Bertz CT molecular complexity index is 216. The Balaban J connectivity index is 2.43. The molecule has 1 rings (SSSR count). The van der Waals surface area contributed by atoms with Crippen molar-refractivity contribution in [2.45, 2.75) is 65.1 Å². The molecule has 3 nitrogen and oxygen atoms in total. The van der Waals surface area contributed by atoms with Crippen LogP contribution in [0.4, 0.5) is 0 Å². The maximum Gasteiger partial charge on any atom is 0.0641 e. The van der Waals surface area contributed by atoms with E-state index in [0.717, 1.165) is 32.7 Å². The molecule has 17 heavy (non-hydrogen) atoms. The van der Waals surface area contributed by atoms with Gasteiger partial charge in [0.25, 0.3) is 0 Å². The van der Waals surface area contributed by atoms with E-state index in [-0.39, 0.29) is 5.60 Å². The highest BCUT2D eigenvalue weighted by molar-refractivity contribution is 4.86. The number of rotatable bonds is 6. The SMILES string of the molecule is CCOCC(NC1CCOC(C)(C)C1)C(C)C. The average Bonchev–Trinajstić information content (AvgIpc) is 2.22. The lowest BCUT2D eigenvalue weighted by Gasteiger charge is -2.38. The van der Waals surface area contributed by atoms with Crippen LogP contribution >= 0.6 is 0 Å². The molecule has 1 heterocycles. The number of ether oxygens (including phenoxy) is 2. The molecule has 0 aromatic rings. The molecule has 0 saturated carbocycles. The van der Waals surface area contributed by atoms with Crippen LogP contribution < -0.4 is 5.32 Å². The van der Waals surface area contributed by atoms with Crippen LogP contribution in [0.15, 0.2) is 0 Å². The summed E-state index contributed by atoms with van der Waals surface area (Å²) < 4.78 is 11.3. The molecular formula is C14H29NO2. The van der Waals surface area contributed by atoms with E-state index < -0.39 is 0 Å². The molecule has 3 heteroatoms. The van der Waals surface area contributed by atoms with Gasteiger partial charge in [-0.25, -0.2) is 0 Å². The second-order valence-electron chi connectivity index (χ2n) is 5.97. The predicted molar refractivity (Wildman–Crippen MR) is 71.3 cm³/mol. The van der Waals surface area contributed by atoms with Gasteiger partial charge in [-0.3, -0.25) is 0 Å². The van der Waals surface area contributed by atoms with Crippen LogP contribution in [-0.4, -0.2) is 37.5 Å². The highest BCUT2D eigenvalue weighted by Crippen LogP contribution is 2.24. The lowest BCUT2D eigenvalue weighted by Crippen LogP contribution is -2.50. The summed E-state index contributed by atoms with van der Waals surface area (Å²) in [7, 11) is 0. The first kappa shape index (κ1) is 14.9. The predicted octanol–water partition coefficient (Wildman–Crippen LogP) is 2.59. The monoisotopic (exact) mass is 243 g/mol. The first-order chi connectivity index (χ1) is 7.94. The molecule has 1 aliphatic heterocycles. The van der Waals surface area contributed by atoms with E-state index in [1.807, 2.05) is 0 Å². The van der Waals surface area contributed by atoms with Gasteiger partial charge in [-0.1, -0.05) is 13.8 Å². The highest BCUT2D eigenvalue weighted by atomic mass is 16.5. The Hall–Kier alpha value is -0.120. The van der Waals surface area contributed by atoms with Gasteiger partial charge in [0, 0.05) is 25.3 Å².